The summed E-state index contributed by atoms with van der Waals surface area (Å²) in [6.45, 7) is 8.32. The number of methoxy groups -OCH3 is 1. The van der Waals surface area contributed by atoms with Crippen LogP contribution in [0.2, 0.25) is 0 Å². The lowest BCUT2D eigenvalue weighted by atomic mass is 9.66. The van der Waals surface area contributed by atoms with Crippen molar-refractivity contribution in [2.24, 2.45) is 11.1 Å². The molecule has 2 unspecified atom stereocenters. The number of hydrogen-bond donors (Lipinski definition) is 1. The van der Waals surface area contributed by atoms with Gasteiger partial charge in [-0.1, -0.05) is 162 Å². The molecule has 0 saturated heterocycles. The number of hydrogen-bond acceptors (Lipinski definition) is 4. The van der Waals surface area contributed by atoms with Crippen LogP contribution in [0.5, 0.6) is 0 Å². The molecule has 0 aromatic carbocycles. The predicted octanol–water partition coefficient (Wildman–Crippen LogP) is 10.2. The topological polar surface area (TPSA) is 69.4 Å². The Morgan fingerprint density at radius 1 is 0.526 bits per heavy atom. The van der Waals surface area contributed by atoms with Crippen LogP contribution in [0.4, 0.5) is 0 Å². The minimum absolute atomic E-state index is 0.0766. The maximum absolute atomic E-state index is 14.1. The van der Waals surface area contributed by atoms with Crippen LogP contribution in [0.3, 0.4) is 0 Å². The van der Waals surface area contributed by atoms with Crippen LogP contribution < -0.4 is 5.73 Å². The lowest BCUT2D eigenvalue weighted by Crippen LogP contribution is -2.58. The minimum Gasteiger partial charge on any atom is -0.467 e. The number of esters is 1. The number of nitrogens with two attached hydrogens (primary N) is 1. The molecule has 0 bridgehead atoms. The van der Waals surface area contributed by atoms with Gasteiger partial charge in [0.05, 0.1) is 7.11 Å². The zero-order valence-electron chi connectivity index (χ0n) is 26.5. The van der Waals surface area contributed by atoms with Gasteiger partial charge in [0.15, 0.2) is 11.3 Å². The number of Topliss-reactive ketones (excluding diaryl/α,β-unsaturated/α-hetero) is 1. The van der Waals surface area contributed by atoms with Crippen molar-refractivity contribution in [1.29, 1.82) is 0 Å². The summed E-state index contributed by atoms with van der Waals surface area (Å²) < 4.78 is 4.98. The van der Waals surface area contributed by atoms with Gasteiger partial charge in [-0.3, -0.25) is 4.79 Å². The van der Waals surface area contributed by atoms with Crippen molar-refractivity contribution < 1.29 is 14.3 Å². The SMILES string of the molecule is CCCCCCCCCCCCC(CCCCCC)(CCCCCCCCCC)C(=O)C(C)(N)C(=O)OC. The fourth-order valence-corrected chi connectivity index (χ4v) is 6.01. The van der Waals surface area contributed by atoms with E-state index in [4.69, 9.17) is 10.5 Å². The third kappa shape index (κ3) is 16.3. The third-order valence-electron chi connectivity index (χ3n) is 8.59. The molecule has 0 aromatic heterocycles. The van der Waals surface area contributed by atoms with Gasteiger partial charge in [0.2, 0.25) is 0 Å². The van der Waals surface area contributed by atoms with Crippen LogP contribution in [-0.4, -0.2) is 24.4 Å². The number of unbranched alkanes of at least 4 members (excludes halogenated alkanes) is 19. The maximum Gasteiger partial charge on any atom is 0.333 e. The molecule has 0 aliphatic rings. The lowest BCUT2D eigenvalue weighted by molar-refractivity contribution is -0.154. The number of carbonyl (C=O) groups excluding carboxylic acids is 2. The van der Waals surface area contributed by atoms with Gasteiger partial charge in [-0.25, -0.2) is 4.79 Å². The van der Waals surface area contributed by atoms with E-state index in [1.165, 1.54) is 110 Å². The van der Waals surface area contributed by atoms with E-state index in [0.29, 0.717) is 0 Å². The van der Waals surface area contributed by atoms with Crippen molar-refractivity contribution in [2.75, 3.05) is 7.11 Å². The summed E-state index contributed by atoms with van der Waals surface area (Å²) in [7, 11) is 1.34. The first kappa shape index (κ1) is 37.1. The standard InChI is InChI=1S/C34H67NO3/c1-6-9-12-15-17-19-20-22-24-27-30-34(28-25-14-11-8-3,31(36)33(4,35)32(37)38-5)29-26-23-21-18-16-13-10-7-2/h6-30,35H2,1-5H3. The van der Waals surface area contributed by atoms with E-state index >= 15 is 0 Å². The minimum atomic E-state index is -1.57. The molecule has 38 heavy (non-hydrogen) atoms. The monoisotopic (exact) mass is 538 g/mol. The summed E-state index contributed by atoms with van der Waals surface area (Å²) in [5.41, 5.74) is 4.35. The average molecular weight is 538 g/mol. The van der Waals surface area contributed by atoms with E-state index in [2.05, 4.69) is 20.8 Å². The summed E-state index contributed by atoms with van der Waals surface area (Å²) in [5, 5.41) is 0. The summed E-state index contributed by atoms with van der Waals surface area (Å²) in [6.07, 6.45) is 29.9. The Morgan fingerprint density at radius 2 is 0.789 bits per heavy atom. The molecule has 2 N–H and O–H groups in total. The van der Waals surface area contributed by atoms with Crippen LogP contribution in [0.1, 0.15) is 188 Å². The molecule has 0 radical (unpaired) electrons. The van der Waals surface area contributed by atoms with Gasteiger partial charge in [0, 0.05) is 5.41 Å². The molecule has 0 aliphatic heterocycles. The molecular formula is C34H67NO3. The molecule has 0 aromatic rings. The first-order valence-corrected chi connectivity index (χ1v) is 16.7. The molecular weight excluding hydrogens is 470 g/mol. The van der Waals surface area contributed by atoms with Crippen LogP contribution in [0, 0.1) is 5.41 Å². The van der Waals surface area contributed by atoms with E-state index in [1.807, 2.05) is 0 Å². The number of rotatable bonds is 28. The van der Waals surface area contributed by atoms with Crippen molar-refractivity contribution >= 4 is 11.8 Å². The fourth-order valence-electron chi connectivity index (χ4n) is 6.01. The first-order chi connectivity index (χ1) is 18.3. The summed E-state index contributed by atoms with van der Waals surface area (Å²) in [6, 6.07) is 0. The highest BCUT2D eigenvalue weighted by Crippen LogP contribution is 2.41. The van der Waals surface area contributed by atoms with E-state index < -0.39 is 16.9 Å². The van der Waals surface area contributed by atoms with Crippen molar-refractivity contribution in [1.82, 2.24) is 0 Å². The Bertz CT molecular complexity index is 574. The van der Waals surface area contributed by atoms with E-state index in [9.17, 15) is 9.59 Å². The van der Waals surface area contributed by atoms with Crippen molar-refractivity contribution in [3.8, 4) is 0 Å². The van der Waals surface area contributed by atoms with Gasteiger partial charge in [-0.05, 0) is 26.2 Å². The fraction of sp³-hybridized carbons (Fsp3) is 0.941. The Morgan fingerprint density at radius 3 is 1.08 bits per heavy atom. The number of ketones is 1. The second-order valence-corrected chi connectivity index (χ2v) is 12.3. The third-order valence-corrected chi connectivity index (χ3v) is 8.59. The number of carbonyl (C=O) groups is 2. The molecule has 226 valence electrons. The van der Waals surface area contributed by atoms with Gasteiger partial charge in [-0.2, -0.15) is 0 Å². The molecule has 0 fully saturated rings. The molecule has 0 rings (SSSR count). The summed E-state index contributed by atoms with van der Waals surface area (Å²) in [4.78, 5) is 26.6. The van der Waals surface area contributed by atoms with Crippen LogP contribution >= 0.6 is 0 Å². The zero-order chi connectivity index (χ0) is 28.5. The van der Waals surface area contributed by atoms with Gasteiger partial charge >= 0.3 is 5.97 Å². The highest BCUT2D eigenvalue weighted by Gasteiger charge is 2.49. The lowest BCUT2D eigenvalue weighted by Gasteiger charge is -2.38. The van der Waals surface area contributed by atoms with Crippen molar-refractivity contribution in [3.63, 3.8) is 0 Å². The second kappa shape index (κ2) is 23.9. The highest BCUT2D eigenvalue weighted by molar-refractivity contribution is 6.10. The smallest absolute Gasteiger partial charge is 0.333 e. The molecule has 4 nitrogen and oxygen atoms in total. The Hall–Kier alpha value is -0.900. The molecule has 4 heteroatoms. The largest absolute Gasteiger partial charge is 0.467 e. The second-order valence-electron chi connectivity index (χ2n) is 12.3. The average Bonchev–Trinajstić information content (AvgIpc) is 2.92. The van der Waals surface area contributed by atoms with E-state index in [-0.39, 0.29) is 5.78 Å². The molecule has 0 aliphatic carbocycles. The van der Waals surface area contributed by atoms with Gasteiger partial charge in [0.1, 0.15) is 0 Å². The molecule has 2 atom stereocenters. The number of ether oxygens (including phenoxy) is 1. The Balaban J connectivity index is 5.18. The Kier molecular flexibility index (Phi) is 23.4. The molecule has 0 saturated carbocycles. The predicted molar refractivity (Wildman–Crippen MR) is 164 cm³/mol. The van der Waals surface area contributed by atoms with Crippen LogP contribution in [0.15, 0.2) is 0 Å². The van der Waals surface area contributed by atoms with Crippen molar-refractivity contribution in [3.05, 3.63) is 0 Å². The van der Waals surface area contributed by atoms with Gasteiger partial charge in [-0.15, -0.1) is 0 Å². The van der Waals surface area contributed by atoms with E-state index in [1.54, 1.807) is 6.92 Å². The summed E-state index contributed by atoms with van der Waals surface area (Å²) >= 11 is 0. The quantitative estimate of drug-likeness (QED) is 0.0612. The zero-order valence-corrected chi connectivity index (χ0v) is 26.5. The van der Waals surface area contributed by atoms with Gasteiger partial charge in [0.25, 0.3) is 0 Å². The molecule has 0 amide bonds. The normalized spacial score (nSPS) is 14.7. The van der Waals surface area contributed by atoms with Crippen LogP contribution in [-0.2, 0) is 14.3 Å². The van der Waals surface area contributed by atoms with E-state index in [0.717, 1.165) is 57.8 Å². The first-order valence-electron chi connectivity index (χ1n) is 16.7. The summed E-state index contributed by atoms with van der Waals surface area (Å²) in [5.74, 6) is -0.674. The highest BCUT2D eigenvalue weighted by atomic mass is 16.5. The molecule has 0 spiro atoms. The van der Waals surface area contributed by atoms with Crippen LogP contribution in [0.25, 0.3) is 0 Å². The Labute approximate surface area is 238 Å². The van der Waals surface area contributed by atoms with Crippen molar-refractivity contribution in [2.45, 2.75) is 194 Å². The van der Waals surface area contributed by atoms with Gasteiger partial charge < -0.3 is 10.5 Å². The molecule has 0 heterocycles. The maximum atomic E-state index is 14.1.